The zero-order valence-corrected chi connectivity index (χ0v) is 34.0. The van der Waals surface area contributed by atoms with Crippen LogP contribution in [0.25, 0.3) is 88.7 Å². The molecule has 0 N–H and O–H groups in total. The normalized spacial score (nSPS) is 11.2. The highest BCUT2D eigenvalue weighted by Gasteiger charge is 2.17. The molecule has 0 fully saturated rings. The molecule has 0 saturated heterocycles. The van der Waals surface area contributed by atoms with Crippen molar-refractivity contribution in [1.29, 1.82) is 0 Å². The Kier molecular flexibility index (Phi) is 9.57. The summed E-state index contributed by atoms with van der Waals surface area (Å²) in [5, 5.41) is 2.22. The van der Waals surface area contributed by atoms with E-state index in [4.69, 9.17) is 4.42 Å². The molecular formula is C60H41NO. The van der Waals surface area contributed by atoms with Crippen molar-refractivity contribution in [2.75, 3.05) is 4.90 Å². The predicted octanol–water partition coefficient (Wildman–Crippen LogP) is 17.1. The van der Waals surface area contributed by atoms with Crippen LogP contribution in [0, 0.1) is 0 Å². The van der Waals surface area contributed by atoms with Crippen LogP contribution >= 0.6 is 0 Å². The summed E-state index contributed by atoms with van der Waals surface area (Å²) in [6.45, 7) is 0. The molecule has 292 valence electrons. The molecule has 0 unspecified atom stereocenters. The number of fused-ring (bicyclic) bond motifs is 3. The van der Waals surface area contributed by atoms with Crippen molar-refractivity contribution in [2.24, 2.45) is 0 Å². The van der Waals surface area contributed by atoms with Crippen LogP contribution in [0.5, 0.6) is 0 Å². The minimum absolute atomic E-state index is 0.885. The van der Waals surface area contributed by atoms with E-state index in [-0.39, 0.29) is 0 Å². The molecule has 2 nitrogen and oxygen atoms in total. The van der Waals surface area contributed by atoms with Gasteiger partial charge in [0, 0.05) is 27.8 Å². The second-order valence-corrected chi connectivity index (χ2v) is 15.7. The van der Waals surface area contributed by atoms with E-state index in [2.05, 4.69) is 254 Å². The van der Waals surface area contributed by atoms with Crippen LogP contribution in [0.2, 0.25) is 0 Å². The molecule has 1 aromatic heterocycles. The number of hydrogen-bond donors (Lipinski definition) is 0. The molecule has 2 heteroatoms. The fourth-order valence-electron chi connectivity index (χ4n) is 8.73. The van der Waals surface area contributed by atoms with Crippen molar-refractivity contribution in [2.45, 2.75) is 0 Å². The van der Waals surface area contributed by atoms with Crippen LogP contribution in [-0.4, -0.2) is 0 Å². The topological polar surface area (TPSA) is 16.4 Å². The summed E-state index contributed by atoms with van der Waals surface area (Å²) < 4.78 is 6.34. The Morgan fingerprint density at radius 3 is 1.15 bits per heavy atom. The van der Waals surface area contributed by atoms with E-state index < -0.39 is 0 Å². The van der Waals surface area contributed by atoms with E-state index in [1.807, 2.05) is 0 Å². The first kappa shape index (κ1) is 36.8. The Labute approximate surface area is 362 Å². The SMILES string of the molecule is c1ccc(-c2ccc(N(c3ccc(-c4ccc(-c5ccccc5)c(-c5ccccc5)c4)cc3)c3cccc(-c4ccc5oc6ccc(-c7ccccc7)cc6c5c4)c3)cc2)cc1. The van der Waals surface area contributed by atoms with Crippen molar-refractivity contribution < 1.29 is 4.42 Å². The molecule has 0 atom stereocenters. The lowest BCUT2D eigenvalue weighted by Crippen LogP contribution is -2.10. The molecule has 0 amide bonds. The number of hydrogen-bond acceptors (Lipinski definition) is 2. The van der Waals surface area contributed by atoms with Gasteiger partial charge in [-0.05, 0) is 133 Å². The molecule has 0 saturated carbocycles. The number of rotatable bonds is 9. The second kappa shape index (κ2) is 16.1. The Morgan fingerprint density at radius 1 is 0.226 bits per heavy atom. The maximum atomic E-state index is 6.34. The highest BCUT2D eigenvalue weighted by atomic mass is 16.3. The molecule has 62 heavy (non-hydrogen) atoms. The van der Waals surface area contributed by atoms with E-state index in [1.165, 1.54) is 50.1 Å². The molecule has 11 aromatic rings. The van der Waals surface area contributed by atoms with Gasteiger partial charge < -0.3 is 9.32 Å². The van der Waals surface area contributed by atoms with Gasteiger partial charge in [0.1, 0.15) is 11.2 Å². The lowest BCUT2D eigenvalue weighted by atomic mass is 9.91. The average molecular weight is 792 g/mol. The van der Waals surface area contributed by atoms with Crippen LogP contribution in [0.3, 0.4) is 0 Å². The fourth-order valence-corrected chi connectivity index (χ4v) is 8.73. The summed E-state index contributed by atoms with van der Waals surface area (Å²) in [6.07, 6.45) is 0. The molecule has 1 heterocycles. The first-order chi connectivity index (χ1) is 30.7. The van der Waals surface area contributed by atoms with Gasteiger partial charge in [-0.15, -0.1) is 0 Å². The summed E-state index contributed by atoms with van der Waals surface area (Å²) in [6, 6.07) is 89.0. The largest absolute Gasteiger partial charge is 0.456 e. The van der Waals surface area contributed by atoms with Crippen molar-refractivity contribution in [3.8, 4) is 66.8 Å². The number of benzene rings is 10. The van der Waals surface area contributed by atoms with Crippen molar-refractivity contribution in [1.82, 2.24) is 0 Å². The van der Waals surface area contributed by atoms with Crippen molar-refractivity contribution in [3.63, 3.8) is 0 Å². The lowest BCUT2D eigenvalue weighted by Gasteiger charge is -2.26. The van der Waals surface area contributed by atoms with Gasteiger partial charge in [0.25, 0.3) is 0 Å². The van der Waals surface area contributed by atoms with Crippen LogP contribution < -0.4 is 4.90 Å². The zero-order valence-electron chi connectivity index (χ0n) is 34.0. The Bertz CT molecular complexity index is 3300. The van der Waals surface area contributed by atoms with E-state index >= 15 is 0 Å². The first-order valence-electron chi connectivity index (χ1n) is 21.2. The minimum Gasteiger partial charge on any atom is -0.456 e. The monoisotopic (exact) mass is 791 g/mol. The molecule has 11 rings (SSSR count). The lowest BCUT2D eigenvalue weighted by molar-refractivity contribution is 0.669. The minimum atomic E-state index is 0.885. The summed E-state index contributed by atoms with van der Waals surface area (Å²) in [5.41, 5.74) is 19.2. The number of furan rings is 1. The number of anilines is 3. The maximum Gasteiger partial charge on any atom is 0.135 e. The van der Waals surface area contributed by atoms with Gasteiger partial charge in [0.05, 0.1) is 0 Å². The molecule has 0 spiro atoms. The van der Waals surface area contributed by atoms with E-state index in [9.17, 15) is 0 Å². The smallest absolute Gasteiger partial charge is 0.135 e. The Hall–Kier alpha value is -8.20. The van der Waals surface area contributed by atoms with Crippen molar-refractivity contribution >= 4 is 39.0 Å². The highest BCUT2D eigenvalue weighted by Crippen LogP contribution is 2.41. The number of nitrogens with zero attached hydrogens (tertiary/aromatic N) is 1. The third kappa shape index (κ3) is 7.14. The van der Waals surface area contributed by atoms with Crippen molar-refractivity contribution in [3.05, 3.63) is 249 Å². The highest BCUT2D eigenvalue weighted by molar-refractivity contribution is 6.07. The average Bonchev–Trinajstić information content (AvgIpc) is 3.73. The van der Waals surface area contributed by atoms with Crippen LogP contribution in [0.4, 0.5) is 17.1 Å². The third-order valence-corrected chi connectivity index (χ3v) is 11.9. The molecule has 0 aliphatic carbocycles. The molecule has 0 aliphatic heterocycles. The van der Waals surface area contributed by atoms with E-state index in [0.717, 1.165) is 55.7 Å². The van der Waals surface area contributed by atoms with Crippen LogP contribution in [0.15, 0.2) is 253 Å². The molecule has 10 aromatic carbocycles. The van der Waals surface area contributed by atoms with Gasteiger partial charge in [-0.1, -0.05) is 182 Å². The summed E-state index contributed by atoms with van der Waals surface area (Å²) in [4.78, 5) is 2.36. The van der Waals surface area contributed by atoms with Gasteiger partial charge in [-0.2, -0.15) is 0 Å². The Morgan fingerprint density at radius 2 is 0.597 bits per heavy atom. The standard InChI is InChI=1S/C60H41NO/c1-5-14-42(15-6-1)44-24-31-52(32-25-44)61(53-33-26-45(27-34-53)49-28-35-55(46-18-9-3-10-19-46)56(39-49)47-20-11-4-12-21-47)54-23-13-22-48(38-54)51-30-37-60-58(41-51)57-40-50(29-36-59(57)62-60)43-16-7-2-8-17-43/h1-41H. The summed E-state index contributed by atoms with van der Waals surface area (Å²) in [5.74, 6) is 0. The predicted molar refractivity (Wildman–Crippen MR) is 261 cm³/mol. The quantitative estimate of drug-likeness (QED) is 0.145. The second-order valence-electron chi connectivity index (χ2n) is 15.7. The molecule has 0 bridgehead atoms. The van der Waals surface area contributed by atoms with Gasteiger partial charge in [0.2, 0.25) is 0 Å². The van der Waals surface area contributed by atoms with E-state index in [1.54, 1.807) is 0 Å². The van der Waals surface area contributed by atoms with Gasteiger partial charge in [0.15, 0.2) is 0 Å². The van der Waals surface area contributed by atoms with E-state index in [0.29, 0.717) is 0 Å². The van der Waals surface area contributed by atoms with Gasteiger partial charge in [-0.25, -0.2) is 0 Å². The molecule has 0 aliphatic rings. The maximum absolute atomic E-state index is 6.34. The zero-order chi connectivity index (χ0) is 41.2. The van der Waals surface area contributed by atoms with Gasteiger partial charge >= 0.3 is 0 Å². The molecular weight excluding hydrogens is 751 g/mol. The van der Waals surface area contributed by atoms with Gasteiger partial charge in [-0.3, -0.25) is 0 Å². The molecule has 0 radical (unpaired) electrons. The summed E-state index contributed by atoms with van der Waals surface area (Å²) in [7, 11) is 0. The third-order valence-electron chi connectivity index (χ3n) is 11.9. The summed E-state index contributed by atoms with van der Waals surface area (Å²) >= 11 is 0. The van der Waals surface area contributed by atoms with Crippen LogP contribution in [-0.2, 0) is 0 Å². The fraction of sp³-hybridized carbons (Fsp3) is 0. The van der Waals surface area contributed by atoms with Crippen LogP contribution in [0.1, 0.15) is 0 Å². The first-order valence-corrected chi connectivity index (χ1v) is 21.2. The Balaban J connectivity index is 0.985.